The molecule has 1 aliphatic heterocycles. The first-order valence-electron chi connectivity index (χ1n) is 5.13. The molecule has 1 unspecified atom stereocenters. The fourth-order valence-corrected chi connectivity index (χ4v) is 2.67. The number of nitrogens with two attached hydrogens (primary N) is 1. The summed E-state index contributed by atoms with van der Waals surface area (Å²) in [6, 6.07) is 0. The average molecular weight is 234 g/mol. The fourth-order valence-electron chi connectivity index (χ4n) is 1.47. The fraction of sp³-hybridized carbons (Fsp3) is 0.889. The van der Waals surface area contributed by atoms with Crippen molar-refractivity contribution in [2.45, 2.75) is 13.3 Å². The molecule has 1 saturated heterocycles. The summed E-state index contributed by atoms with van der Waals surface area (Å²) in [6.45, 7) is 3.06. The van der Waals surface area contributed by atoms with Crippen LogP contribution in [0, 0.1) is 5.92 Å². The van der Waals surface area contributed by atoms with Gasteiger partial charge in [-0.2, -0.15) is 0 Å². The Morgan fingerprint density at radius 3 is 2.40 bits per heavy atom. The van der Waals surface area contributed by atoms with Crippen molar-refractivity contribution in [2.24, 2.45) is 11.7 Å². The number of rotatable bonds is 3. The summed E-state index contributed by atoms with van der Waals surface area (Å²) < 4.78 is 22.3. The summed E-state index contributed by atoms with van der Waals surface area (Å²) in [7, 11) is -2.90. The van der Waals surface area contributed by atoms with Crippen LogP contribution in [0.4, 0.5) is 0 Å². The molecule has 88 valence electrons. The smallest absolute Gasteiger partial charge is 0.222 e. The summed E-state index contributed by atoms with van der Waals surface area (Å²) in [5, 5.41) is 0. The highest BCUT2D eigenvalue weighted by Crippen LogP contribution is 2.08. The maximum absolute atomic E-state index is 11.7. The highest BCUT2D eigenvalue weighted by molar-refractivity contribution is 7.91. The van der Waals surface area contributed by atoms with E-state index >= 15 is 0 Å². The van der Waals surface area contributed by atoms with Crippen LogP contribution < -0.4 is 5.73 Å². The predicted molar refractivity (Wildman–Crippen MR) is 58.1 cm³/mol. The first kappa shape index (κ1) is 12.4. The Morgan fingerprint density at radius 1 is 1.40 bits per heavy atom. The molecule has 0 aromatic carbocycles. The van der Waals surface area contributed by atoms with Crippen molar-refractivity contribution < 1.29 is 13.2 Å². The van der Waals surface area contributed by atoms with Crippen molar-refractivity contribution in [1.82, 2.24) is 4.90 Å². The Morgan fingerprint density at radius 2 is 1.93 bits per heavy atom. The Hall–Kier alpha value is -0.620. The highest BCUT2D eigenvalue weighted by atomic mass is 32.2. The zero-order valence-corrected chi connectivity index (χ0v) is 9.79. The van der Waals surface area contributed by atoms with E-state index in [1.165, 1.54) is 0 Å². The second-order valence-corrected chi connectivity index (χ2v) is 6.38. The SMILES string of the molecule is CC(CN)CC(=O)N1CCS(=O)(=O)CC1. The van der Waals surface area contributed by atoms with Crippen LogP contribution in [0.2, 0.25) is 0 Å². The molecule has 0 radical (unpaired) electrons. The number of carbonyl (C=O) groups is 1. The van der Waals surface area contributed by atoms with Crippen LogP contribution in [0.1, 0.15) is 13.3 Å². The molecule has 0 saturated carbocycles. The van der Waals surface area contributed by atoms with Crippen LogP contribution >= 0.6 is 0 Å². The lowest BCUT2D eigenvalue weighted by molar-refractivity contribution is -0.131. The summed E-state index contributed by atoms with van der Waals surface area (Å²) in [6.07, 6.45) is 0.413. The number of carbonyl (C=O) groups excluding carboxylic acids is 1. The second-order valence-electron chi connectivity index (χ2n) is 4.08. The van der Waals surface area contributed by atoms with Crippen molar-refractivity contribution in [1.29, 1.82) is 0 Å². The van der Waals surface area contributed by atoms with Crippen molar-refractivity contribution >= 4 is 15.7 Å². The Kier molecular flexibility index (Phi) is 4.10. The zero-order chi connectivity index (χ0) is 11.5. The van der Waals surface area contributed by atoms with Crippen molar-refractivity contribution in [3.05, 3.63) is 0 Å². The quantitative estimate of drug-likeness (QED) is 0.695. The molecule has 1 fully saturated rings. The van der Waals surface area contributed by atoms with E-state index in [1.807, 2.05) is 6.92 Å². The molecule has 0 aromatic heterocycles. The van der Waals surface area contributed by atoms with Gasteiger partial charge in [0.2, 0.25) is 5.91 Å². The maximum Gasteiger partial charge on any atom is 0.222 e. The minimum absolute atomic E-state index is 0.0165. The Bertz CT molecular complexity index is 312. The number of sulfone groups is 1. The first-order valence-corrected chi connectivity index (χ1v) is 6.95. The molecule has 1 atom stereocenters. The molecule has 15 heavy (non-hydrogen) atoms. The van der Waals surface area contributed by atoms with E-state index in [0.717, 1.165) is 0 Å². The third-order valence-corrected chi connectivity index (χ3v) is 4.23. The lowest BCUT2D eigenvalue weighted by atomic mass is 10.1. The molecule has 0 aromatic rings. The van der Waals surface area contributed by atoms with Crippen LogP contribution in [-0.2, 0) is 14.6 Å². The number of hydrogen-bond donors (Lipinski definition) is 1. The highest BCUT2D eigenvalue weighted by Gasteiger charge is 2.25. The van der Waals surface area contributed by atoms with Crippen LogP contribution in [0.5, 0.6) is 0 Å². The van der Waals surface area contributed by atoms with Gasteiger partial charge in [0.15, 0.2) is 9.84 Å². The molecule has 6 heteroatoms. The second kappa shape index (κ2) is 4.94. The average Bonchev–Trinajstić information content (AvgIpc) is 2.17. The molecule has 1 amide bonds. The maximum atomic E-state index is 11.7. The van der Waals surface area contributed by atoms with E-state index in [-0.39, 0.29) is 23.3 Å². The predicted octanol–water partition coefficient (Wildman–Crippen LogP) is -0.772. The van der Waals surface area contributed by atoms with E-state index in [1.54, 1.807) is 4.90 Å². The van der Waals surface area contributed by atoms with Gasteiger partial charge >= 0.3 is 0 Å². The molecule has 2 N–H and O–H groups in total. The van der Waals surface area contributed by atoms with Gasteiger partial charge in [0.05, 0.1) is 11.5 Å². The topological polar surface area (TPSA) is 80.5 Å². The van der Waals surface area contributed by atoms with Crippen molar-refractivity contribution in [2.75, 3.05) is 31.1 Å². The standard InChI is InChI=1S/C9H18N2O3S/c1-8(7-10)6-9(12)11-2-4-15(13,14)5-3-11/h8H,2-7,10H2,1H3. The Labute approximate surface area is 90.5 Å². The van der Waals surface area contributed by atoms with E-state index < -0.39 is 9.84 Å². The molecular weight excluding hydrogens is 216 g/mol. The van der Waals surface area contributed by atoms with Gasteiger partial charge in [-0.15, -0.1) is 0 Å². The largest absolute Gasteiger partial charge is 0.341 e. The monoisotopic (exact) mass is 234 g/mol. The van der Waals surface area contributed by atoms with Gasteiger partial charge in [0, 0.05) is 19.5 Å². The summed E-state index contributed by atoms with van der Waals surface area (Å²) in [4.78, 5) is 13.3. The normalized spacial score (nSPS) is 22.4. The third kappa shape index (κ3) is 3.79. The van der Waals surface area contributed by atoms with Crippen molar-refractivity contribution in [3.8, 4) is 0 Å². The van der Waals surface area contributed by atoms with Gasteiger partial charge in [0.1, 0.15) is 0 Å². The molecule has 1 heterocycles. The summed E-state index contributed by atoms with van der Waals surface area (Å²) in [5.74, 6) is 0.366. The number of hydrogen-bond acceptors (Lipinski definition) is 4. The van der Waals surface area contributed by atoms with Crippen LogP contribution in [-0.4, -0.2) is 50.4 Å². The van der Waals surface area contributed by atoms with Crippen molar-refractivity contribution in [3.63, 3.8) is 0 Å². The van der Waals surface area contributed by atoms with Gasteiger partial charge in [0.25, 0.3) is 0 Å². The molecule has 5 nitrogen and oxygen atoms in total. The zero-order valence-electron chi connectivity index (χ0n) is 8.98. The lowest BCUT2D eigenvalue weighted by Gasteiger charge is -2.27. The van der Waals surface area contributed by atoms with Gasteiger partial charge in [-0.25, -0.2) is 8.42 Å². The van der Waals surface area contributed by atoms with Gasteiger partial charge in [-0.05, 0) is 12.5 Å². The summed E-state index contributed by atoms with van der Waals surface area (Å²) in [5.41, 5.74) is 5.43. The van der Waals surface area contributed by atoms with E-state index in [0.29, 0.717) is 26.1 Å². The summed E-state index contributed by atoms with van der Waals surface area (Å²) >= 11 is 0. The number of nitrogens with zero attached hydrogens (tertiary/aromatic N) is 1. The lowest BCUT2D eigenvalue weighted by Crippen LogP contribution is -2.44. The van der Waals surface area contributed by atoms with Crippen LogP contribution in [0.25, 0.3) is 0 Å². The van der Waals surface area contributed by atoms with E-state index in [4.69, 9.17) is 5.73 Å². The molecule has 1 aliphatic rings. The van der Waals surface area contributed by atoms with Crippen LogP contribution in [0.3, 0.4) is 0 Å². The van der Waals surface area contributed by atoms with Gasteiger partial charge in [-0.3, -0.25) is 4.79 Å². The molecule has 0 bridgehead atoms. The first-order chi connectivity index (χ1) is 6.94. The molecule has 1 rings (SSSR count). The van der Waals surface area contributed by atoms with Crippen LogP contribution in [0.15, 0.2) is 0 Å². The Balaban J connectivity index is 2.43. The molecule has 0 aliphatic carbocycles. The van der Waals surface area contributed by atoms with Gasteiger partial charge in [-0.1, -0.05) is 6.92 Å². The molecule has 0 spiro atoms. The minimum Gasteiger partial charge on any atom is -0.341 e. The third-order valence-electron chi connectivity index (χ3n) is 2.62. The number of amides is 1. The minimum atomic E-state index is -2.90. The van der Waals surface area contributed by atoms with E-state index in [9.17, 15) is 13.2 Å². The molecular formula is C9H18N2O3S. The van der Waals surface area contributed by atoms with Gasteiger partial charge < -0.3 is 10.6 Å². The van der Waals surface area contributed by atoms with E-state index in [2.05, 4.69) is 0 Å².